The van der Waals surface area contributed by atoms with E-state index in [-0.39, 0.29) is 17.5 Å². The van der Waals surface area contributed by atoms with Crippen LogP contribution < -0.4 is 16.0 Å². The van der Waals surface area contributed by atoms with Crippen molar-refractivity contribution in [1.29, 1.82) is 0 Å². The van der Waals surface area contributed by atoms with Gasteiger partial charge in [0, 0.05) is 28.7 Å². The molecule has 152 valence electrons. The lowest BCUT2D eigenvalue weighted by Gasteiger charge is -2.12. The van der Waals surface area contributed by atoms with Gasteiger partial charge in [-0.15, -0.1) is 11.3 Å². The van der Waals surface area contributed by atoms with Gasteiger partial charge in [-0.25, -0.2) is 0 Å². The topological polar surface area (TPSA) is 87.3 Å². The molecule has 3 aromatic rings. The van der Waals surface area contributed by atoms with Crippen molar-refractivity contribution in [3.63, 3.8) is 0 Å². The summed E-state index contributed by atoms with van der Waals surface area (Å²) in [4.78, 5) is 37.7. The molecule has 0 atom stereocenters. The lowest BCUT2D eigenvalue weighted by molar-refractivity contribution is -0.114. The van der Waals surface area contributed by atoms with E-state index in [4.69, 9.17) is 0 Å². The quantitative estimate of drug-likeness (QED) is 0.517. The van der Waals surface area contributed by atoms with E-state index in [0.717, 1.165) is 10.4 Å². The summed E-state index contributed by atoms with van der Waals surface area (Å²) in [5, 5.41) is 10.0. The Kier molecular flexibility index (Phi) is 6.77. The van der Waals surface area contributed by atoms with Gasteiger partial charge in [-0.1, -0.05) is 29.8 Å². The summed E-state index contributed by atoms with van der Waals surface area (Å²) in [6.45, 7) is 3.31. The molecule has 0 spiro atoms. The summed E-state index contributed by atoms with van der Waals surface area (Å²) in [6, 6.07) is 17.6. The Morgan fingerprint density at radius 2 is 1.63 bits per heavy atom. The molecule has 3 rings (SSSR count). The molecule has 6 nitrogen and oxygen atoms in total. The normalized spacial score (nSPS) is 10.9. The number of amides is 3. The lowest BCUT2D eigenvalue weighted by Crippen LogP contribution is -2.30. The third-order valence-electron chi connectivity index (χ3n) is 4.04. The van der Waals surface area contributed by atoms with Crippen molar-refractivity contribution in [2.24, 2.45) is 0 Å². The van der Waals surface area contributed by atoms with E-state index in [2.05, 4.69) is 16.0 Å². The van der Waals surface area contributed by atoms with Crippen molar-refractivity contribution < 1.29 is 14.4 Å². The predicted molar refractivity (Wildman–Crippen MR) is 120 cm³/mol. The van der Waals surface area contributed by atoms with Crippen LogP contribution in [0.25, 0.3) is 6.08 Å². The van der Waals surface area contributed by atoms with Gasteiger partial charge in [0.1, 0.15) is 5.70 Å². The minimum atomic E-state index is -0.468. The van der Waals surface area contributed by atoms with Gasteiger partial charge in [-0.05, 0) is 54.8 Å². The number of thiophene rings is 1. The van der Waals surface area contributed by atoms with Gasteiger partial charge in [-0.3, -0.25) is 14.4 Å². The van der Waals surface area contributed by atoms with E-state index in [1.807, 2.05) is 30.5 Å². The first kappa shape index (κ1) is 21.0. The molecule has 0 saturated heterocycles. The third-order valence-corrected chi connectivity index (χ3v) is 4.86. The van der Waals surface area contributed by atoms with Crippen LogP contribution in [-0.2, 0) is 9.59 Å². The number of aryl methyl sites for hydroxylation is 1. The van der Waals surface area contributed by atoms with Gasteiger partial charge in [-0.2, -0.15) is 0 Å². The first-order chi connectivity index (χ1) is 14.4. The van der Waals surface area contributed by atoms with E-state index in [9.17, 15) is 14.4 Å². The maximum Gasteiger partial charge on any atom is 0.272 e. The zero-order chi connectivity index (χ0) is 21.5. The molecule has 0 unspecified atom stereocenters. The highest BCUT2D eigenvalue weighted by Gasteiger charge is 2.15. The first-order valence-electron chi connectivity index (χ1n) is 9.23. The number of carbonyl (C=O) groups is 3. The molecule has 1 aromatic heterocycles. The zero-order valence-corrected chi connectivity index (χ0v) is 17.4. The van der Waals surface area contributed by atoms with Crippen molar-refractivity contribution in [3.8, 4) is 0 Å². The molecule has 0 aliphatic rings. The fraction of sp³-hybridized carbons (Fsp3) is 0.0870. The van der Waals surface area contributed by atoms with Crippen LogP contribution in [0.3, 0.4) is 0 Å². The first-order valence-corrected chi connectivity index (χ1v) is 10.1. The minimum absolute atomic E-state index is 0.119. The second kappa shape index (κ2) is 9.67. The number of nitrogens with one attached hydrogen (secondary N) is 3. The highest BCUT2D eigenvalue weighted by atomic mass is 32.1. The van der Waals surface area contributed by atoms with Gasteiger partial charge >= 0.3 is 0 Å². The Labute approximate surface area is 178 Å². The molecule has 2 aromatic carbocycles. The molecule has 0 saturated carbocycles. The number of rotatable bonds is 6. The molecular weight excluding hydrogens is 398 g/mol. The van der Waals surface area contributed by atoms with Crippen molar-refractivity contribution in [3.05, 3.63) is 87.7 Å². The Balaban J connectivity index is 1.83. The standard InChI is InChI=1S/C23H21N3O3S/c1-15-6-3-7-17(12-15)22(28)26-21(14-20-10-5-11-30-20)23(29)25-19-9-4-8-18(13-19)24-16(2)27/h3-14H,1-2H3,(H,24,27)(H,25,29)(H,26,28)/b21-14-. The molecular formula is C23H21N3O3S. The molecule has 30 heavy (non-hydrogen) atoms. The summed E-state index contributed by atoms with van der Waals surface area (Å²) in [5.41, 5.74) is 2.59. The molecule has 3 amide bonds. The third kappa shape index (κ3) is 5.89. The Morgan fingerprint density at radius 3 is 2.30 bits per heavy atom. The van der Waals surface area contributed by atoms with Crippen molar-refractivity contribution in [2.75, 3.05) is 10.6 Å². The van der Waals surface area contributed by atoms with E-state index in [0.29, 0.717) is 16.9 Å². The van der Waals surface area contributed by atoms with Crippen molar-refractivity contribution in [2.45, 2.75) is 13.8 Å². The molecule has 7 heteroatoms. The van der Waals surface area contributed by atoms with Crippen LogP contribution in [0.1, 0.15) is 27.7 Å². The van der Waals surface area contributed by atoms with Gasteiger partial charge in [0.2, 0.25) is 5.91 Å². The molecule has 1 heterocycles. The number of carbonyl (C=O) groups excluding carboxylic acids is 3. The Morgan fingerprint density at radius 1 is 0.900 bits per heavy atom. The zero-order valence-electron chi connectivity index (χ0n) is 16.6. The van der Waals surface area contributed by atoms with E-state index >= 15 is 0 Å². The fourth-order valence-corrected chi connectivity index (χ4v) is 3.39. The lowest BCUT2D eigenvalue weighted by atomic mass is 10.1. The second-order valence-electron chi connectivity index (χ2n) is 6.61. The SMILES string of the molecule is CC(=O)Nc1cccc(NC(=O)/C(=C/c2cccs2)NC(=O)c2cccc(C)c2)c1. The largest absolute Gasteiger partial charge is 0.326 e. The number of hydrogen-bond acceptors (Lipinski definition) is 4. The van der Waals surface area contributed by atoms with Gasteiger partial charge < -0.3 is 16.0 Å². The summed E-state index contributed by atoms with van der Waals surface area (Å²) in [5.74, 6) is -1.05. The maximum atomic E-state index is 12.9. The molecule has 0 aliphatic heterocycles. The highest BCUT2D eigenvalue weighted by molar-refractivity contribution is 7.10. The predicted octanol–water partition coefficient (Wildman–Crippen LogP) is 4.42. The molecule has 0 bridgehead atoms. The van der Waals surface area contributed by atoms with Crippen LogP contribution in [-0.4, -0.2) is 17.7 Å². The van der Waals surface area contributed by atoms with Crippen LogP contribution in [0.5, 0.6) is 0 Å². The molecule has 0 aliphatic carbocycles. The maximum absolute atomic E-state index is 12.9. The van der Waals surface area contributed by atoms with Crippen LogP contribution >= 0.6 is 11.3 Å². The summed E-state index contributed by atoms with van der Waals surface area (Å²) < 4.78 is 0. The molecule has 0 fully saturated rings. The van der Waals surface area contributed by atoms with E-state index in [1.54, 1.807) is 48.5 Å². The van der Waals surface area contributed by atoms with Crippen LogP contribution in [0, 0.1) is 6.92 Å². The summed E-state index contributed by atoms with van der Waals surface area (Å²) in [7, 11) is 0. The second-order valence-corrected chi connectivity index (χ2v) is 7.59. The average Bonchev–Trinajstić information content (AvgIpc) is 3.20. The smallest absolute Gasteiger partial charge is 0.272 e. The van der Waals surface area contributed by atoms with E-state index in [1.165, 1.54) is 18.3 Å². The van der Waals surface area contributed by atoms with Crippen molar-refractivity contribution in [1.82, 2.24) is 5.32 Å². The van der Waals surface area contributed by atoms with Crippen LogP contribution in [0.2, 0.25) is 0 Å². The van der Waals surface area contributed by atoms with E-state index < -0.39 is 5.91 Å². The van der Waals surface area contributed by atoms with Crippen molar-refractivity contribution >= 4 is 46.5 Å². The Bertz CT molecular complexity index is 1100. The van der Waals surface area contributed by atoms with Gasteiger partial charge in [0.05, 0.1) is 0 Å². The monoisotopic (exact) mass is 419 g/mol. The number of anilines is 2. The number of hydrogen-bond donors (Lipinski definition) is 3. The summed E-state index contributed by atoms with van der Waals surface area (Å²) in [6.07, 6.45) is 1.63. The molecule has 3 N–H and O–H groups in total. The molecule has 0 radical (unpaired) electrons. The summed E-state index contributed by atoms with van der Waals surface area (Å²) >= 11 is 1.45. The minimum Gasteiger partial charge on any atom is -0.326 e. The average molecular weight is 420 g/mol. The van der Waals surface area contributed by atoms with Crippen LogP contribution in [0.15, 0.2) is 71.7 Å². The highest BCUT2D eigenvalue weighted by Crippen LogP contribution is 2.18. The van der Waals surface area contributed by atoms with Gasteiger partial charge in [0.15, 0.2) is 0 Å². The van der Waals surface area contributed by atoms with Gasteiger partial charge in [0.25, 0.3) is 11.8 Å². The Hall–Kier alpha value is -3.71. The van der Waals surface area contributed by atoms with Crippen LogP contribution in [0.4, 0.5) is 11.4 Å². The fourth-order valence-electron chi connectivity index (χ4n) is 2.73. The number of benzene rings is 2.